The van der Waals surface area contributed by atoms with E-state index < -0.39 is 10.0 Å². The van der Waals surface area contributed by atoms with Gasteiger partial charge < -0.3 is 0 Å². The molecule has 0 saturated heterocycles. The summed E-state index contributed by atoms with van der Waals surface area (Å²) >= 11 is 1.27. The van der Waals surface area contributed by atoms with Gasteiger partial charge in [0.15, 0.2) is 0 Å². The molecular formula is C12H18N2O2S2. The van der Waals surface area contributed by atoms with Crippen LogP contribution >= 0.6 is 11.3 Å². The average molecular weight is 286 g/mol. The van der Waals surface area contributed by atoms with Gasteiger partial charge in [-0.15, -0.1) is 11.3 Å². The maximum atomic E-state index is 12.4. The van der Waals surface area contributed by atoms with Crippen LogP contribution in [0.1, 0.15) is 25.1 Å². The van der Waals surface area contributed by atoms with E-state index in [0.29, 0.717) is 10.8 Å². The minimum absolute atomic E-state index is 0.219. The molecule has 0 unspecified atom stereocenters. The average Bonchev–Trinajstić information content (AvgIpc) is 2.71. The van der Waals surface area contributed by atoms with Gasteiger partial charge in [0.1, 0.15) is 4.21 Å². The van der Waals surface area contributed by atoms with Crippen molar-refractivity contribution in [2.24, 2.45) is 5.92 Å². The zero-order chi connectivity index (χ0) is 13.8. The van der Waals surface area contributed by atoms with Crippen LogP contribution in [0.4, 0.5) is 0 Å². The smallest absolute Gasteiger partial charge is 0.206 e. The van der Waals surface area contributed by atoms with Crippen molar-refractivity contribution in [3.05, 3.63) is 17.0 Å². The summed E-state index contributed by atoms with van der Waals surface area (Å²) < 4.78 is 26.6. The van der Waals surface area contributed by atoms with Gasteiger partial charge in [0.05, 0.1) is 6.07 Å². The van der Waals surface area contributed by atoms with Crippen LogP contribution < -0.4 is 0 Å². The lowest BCUT2D eigenvalue weighted by atomic mass is 10.2. The minimum atomic E-state index is -3.45. The van der Waals surface area contributed by atoms with Gasteiger partial charge in [0.2, 0.25) is 0 Å². The Morgan fingerprint density at radius 2 is 2.11 bits per heavy atom. The van der Waals surface area contributed by atoms with Crippen molar-refractivity contribution in [2.75, 3.05) is 13.1 Å². The number of thiophene rings is 1. The summed E-state index contributed by atoms with van der Waals surface area (Å²) in [6.45, 7) is 6.52. The molecule has 0 amide bonds. The maximum absolute atomic E-state index is 12.4. The van der Waals surface area contributed by atoms with Gasteiger partial charge in [0.25, 0.3) is 10.0 Å². The van der Waals surface area contributed by atoms with Gasteiger partial charge in [-0.3, -0.25) is 0 Å². The summed E-state index contributed by atoms with van der Waals surface area (Å²) in [5, 5.41) is 8.62. The third kappa shape index (κ3) is 3.80. The molecule has 1 aromatic heterocycles. The van der Waals surface area contributed by atoms with Crippen LogP contribution in [0, 0.1) is 24.2 Å². The van der Waals surface area contributed by atoms with Crippen LogP contribution in [0.3, 0.4) is 0 Å². The summed E-state index contributed by atoms with van der Waals surface area (Å²) in [6.07, 6.45) is 0.219. The molecule has 18 heavy (non-hydrogen) atoms. The fraction of sp³-hybridized carbons (Fsp3) is 0.583. The second-order valence-electron chi connectivity index (χ2n) is 4.53. The molecule has 4 nitrogen and oxygen atoms in total. The Hall–Kier alpha value is -0.900. The fourth-order valence-electron chi connectivity index (χ4n) is 1.57. The number of rotatable bonds is 6. The van der Waals surface area contributed by atoms with E-state index in [1.165, 1.54) is 15.6 Å². The Morgan fingerprint density at radius 3 is 2.56 bits per heavy atom. The van der Waals surface area contributed by atoms with E-state index in [0.717, 1.165) is 4.88 Å². The first kappa shape index (κ1) is 15.2. The summed E-state index contributed by atoms with van der Waals surface area (Å²) in [7, 11) is -3.45. The van der Waals surface area contributed by atoms with Crippen LogP contribution in [-0.2, 0) is 10.0 Å². The predicted molar refractivity (Wildman–Crippen MR) is 72.9 cm³/mol. The lowest BCUT2D eigenvalue weighted by Crippen LogP contribution is -2.34. The lowest BCUT2D eigenvalue weighted by molar-refractivity contribution is 0.374. The summed E-state index contributed by atoms with van der Waals surface area (Å²) in [5.74, 6) is 0.236. The van der Waals surface area contributed by atoms with E-state index >= 15 is 0 Å². The molecule has 1 rings (SSSR count). The van der Waals surface area contributed by atoms with E-state index in [1.807, 2.05) is 26.8 Å². The largest absolute Gasteiger partial charge is 0.252 e. The third-order valence-corrected chi connectivity index (χ3v) is 5.68. The number of sulfonamides is 1. The van der Waals surface area contributed by atoms with Crippen molar-refractivity contribution in [3.63, 3.8) is 0 Å². The van der Waals surface area contributed by atoms with Crippen molar-refractivity contribution in [2.45, 2.75) is 31.4 Å². The van der Waals surface area contributed by atoms with Gasteiger partial charge in [-0.2, -0.15) is 9.57 Å². The van der Waals surface area contributed by atoms with Crippen molar-refractivity contribution < 1.29 is 8.42 Å². The van der Waals surface area contributed by atoms with Gasteiger partial charge >= 0.3 is 0 Å². The number of hydrogen-bond acceptors (Lipinski definition) is 4. The highest BCUT2D eigenvalue weighted by molar-refractivity contribution is 7.91. The van der Waals surface area contributed by atoms with Crippen molar-refractivity contribution in [1.82, 2.24) is 4.31 Å². The highest BCUT2D eigenvalue weighted by Gasteiger charge is 2.26. The molecule has 0 N–H and O–H groups in total. The molecule has 0 atom stereocenters. The molecule has 0 aliphatic rings. The molecule has 100 valence electrons. The quantitative estimate of drug-likeness (QED) is 0.807. The number of nitriles is 1. The maximum Gasteiger partial charge on any atom is 0.252 e. The van der Waals surface area contributed by atoms with Crippen LogP contribution in [0.15, 0.2) is 16.3 Å². The highest BCUT2D eigenvalue weighted by Crippen LogP contribution is 2.25. The Labute approximate surface area is 113 Å². The van der Waals surface area contributed by atoms with Crippen molar-refractivity contribution in [1.29, 1.82) is 5.26 Å². The normalized spacial score (nSPS) is 12.0. The molecule has 0 aromatic carbocycles. The molecule has 6 heteroatoms. The van der Waals surface area contributed by atoms with Gasteiger partial charge in [-0.25, -0.2) is 8.42 Å². The monoisotopic (exact) mass is 286 g/mol. The predicted octanol–water partition coefficient (Wildman–Crippen LogP) is 2.62. The van der Waals surface area contributed by atoms with E-state index in [4.69, 9.17) is 5.26 Å². The minimum Gasteiger partial charge on any atom is -0.206 e. The summed E-state index contributed by atoms with van der Waals surface area (Å²) in [4.78, 5) is 0.971. The van der Waals surface area contributed by atoms with Crippen LogP contribution in [0.2, 0.25) is 0 Å². The number of hydrogen-bond donors (Lipinski definition) is 0. The van der Waals surface area contributed by atoms with Gasteiger partial charge in [-0.05, 0) is 25.0 Å². The molecule has 0 aliphatic carbocycles. The van der Waals surface area contributed by atoms with Crippen LogP contribution in [0.5, 0.6) is 0 Å². The third-order valence-electron chi connectivity index (χ3n) is 2.35. The highest BCUT2D eigenvalue weighted by atomic mass is 32.2. The Morgan fingerprint density at radius 1 is 1.44 bits per heavy atom. The van der Waals surface area contributed by atoms with E-state index in [2.05, 4.69) is 0 Å². The fourth-order valence-corrected chi connectivity index (χ4v) is 4.61. The lowest BCUT2D eigenvalue weighted by Gasteiger charge is -2.22. The number of aryl methyl sites for hydroxylation is 1. The molecule has 1 heterocycles. The second-order valence-corrected chi connectivity index (χ2v) is 7.98. The molecule has 0 aliphatic heterocycles. The first-order chi connectivity index (χ1) is 8.37. The van der Waals surface area contributed by atoms with Crippen molar-refractivity contribution >= 4 is 21.4 Å². The molecule has 0 spiro atoms. The van der Waals surface area contributed by atoms with Gasteiger partial charge in [0, 0.05) is 24.4 Å². The molecule has 1 aromatic rings. The SMILES string of the molecule is Cc1ccc(S(=O)(=O)N(CCC#N)CC(C)C)s1. The zero-order valence-electron chi connectivity index (χ0n) is 10.9. The van der Waals surface area contributed by atoms with E-state index in [-0.39, 0.29) is 18.9 Å². The molecule has 0 bridgehead atoms. The zero-order valence-corrected chi connectivity index (χ0v) is 12.5. The Bertz CT molecular complexity index is 527. The summed E-state index contributed by atoms with van der Waals surface area (Å²) in [5.41, 5.74) is 0. The van der Waals surface area contributed by atoms with Crippen LogP contribution in [-0.4, -0.2) is 25.8 Å². The molecule has 0 saturated carbocycles. The first-order valence-electron chi connectivity index (χ1n) is 5.81. The summed E-state index contributed by atoms with van der Waals surface area (Å²) in [6, 6.07) is 5.43. The standard InChI is InChI=1S/C12H18N2O2S2/c1-10(2)9-14(8-4-7-13)18(15,16)12-6-5-11(3)17-12/h5-6,10H,4,8-9H2,1-3H3. The van der Waals surface area contributed by atoms with Crippen LogP contribution in [0.25, 0.3) is 0 Å². The van der Waals surface area contributed by atoms with Gasteiger partial charge in [-0.1, -0.05) is 13.8 Å². The topological polar surface area (TPSA) is 61.2 Å². The molecule has 0 radical (unpaired) electrons. The Balaban J connectivity index is 2.99. The van der Waals surface area contributed by atoms with E-state index in [9.17, 15) is 8.42 Å². The Kier molecular flexibility index (Phi) is 5.32. The first-order valence-corrected chi connectivity index (χ1v) is 8.07. The molecular weight excluding hydrogens is 268 g/mol. The van der Waals surface area contributed by atoms with Crippen molar-refractivity contribution in [3.8, 4) is 6.07 Å². The second kappa shape index (κ2) is 6.32. The number of nitrogens with zero attached hydrogens (tertiary/aromatic N) is 2. The van der Waals surface area contributed by atoms with E-state index in [1.54, 1.807) is 12.1 Å². The molecule has 0 fully saturated rings.